The molecule has 3 nitrogen and oxygen atoms in total. The molecule has 0 unspecified atom stereocenters. The number of hydrogen-bond donors (Lipinski definition) is 1. The van der Waals surface area contributed by atoms with Crippen LogP contribution < -0.4 is 5.32 Å². The van der Waals surface area contributed by atoms with Crippen LogP contribution in [-0.2, 0) is 0 Å². The van der Waals surface area contributed by atoms with Gasteiger partial charge in [0.25, 0.3) is 5.91 Å². The third kappa shape index (κ3) is 2.18. The van der Waals surface area contributed by atoms with E-state index in [0.29, 0.717) is 17.2 Å². The van der Waals surface area contributed by atoms with Crippen molar-refractivity contribution in [2.75, 3.05) is 13.1 Å². The molecule has 1 amide bonds. The monoisotopic (exact) mass is 284 g/mol. The second-order valence-corrected chi connectivity index (χ2v) is 4.50. The van der Waals surface area contributed by atoms with Gasteiger partial charge >= 0.3 is 0 Å². The van der Waals surface area contributed by atoms with Gasteiger partial charge in [0, 0.05) is 23.1 Å². The minimum absolute atomic E-state index is 0.0440. The van der Waals surface area contributed by atoms with Crippen molar-refractivity contribution in [3.8, 4) is 0 Å². The van der Waals surface area contributed by atoms with Crippen molar-refractivity contribution in [3.63, 3.8) is 0 Å². The fourth-order valence-electron chi connectivity index (χ4n) is 1.41. The highest BCUT2D eigenvalue weighted by Crippen LogP contribution is 2.13. The Morgan fingerprint density at radius 2 is 2.07 bits per heavy atom. The van der Waals surface area contributed by atoms with Crippen LogP contribution in [0.3, 0.4) is 0 Å². The lowest BCUT2D eigenvalue weighted by atomic mass is 10.2. The van der Waals surface area contributed by atoms with E-state index in [1.807, 2.05) is 12.1 Å². The standard InChI is InChI=1S/C10H9BrN2OS/c11-8-3-1-7(2-4-8)9(14)13-6-5-12-10(13)15/h1-4H,5-6H2,(H,12,15). The first-order chi connectivity index (χ1) is 7.18. The molecule has 1 fully saturated rings. The first-order valence-corrected chi connectivity index (χ1v) is 5.74. The number of carbonyl (C=O) groups is 1. The van der Waals surface area contributed by atoms with E-state index in [4.69, 9.17) is 12.2 Å². The van der Waals surface area contributed by atoms with E-state index < -0.39 is 0 Å². The molecule has 1 heterocycles. The van der Waals surface area contributed by atoms with Crippen LogP contribution in [0.15, 0.2) is 28.7 Å². The van der Waals surface area contributed by atoms with E-state index in [1.54, 1.807) is 17.0 Å². The van der Waals surface area contributed by atoms with Gasteiger partial charge in [0.05, 0.1) is 0 Å². The van der Waals surface area contributed by atoms with E-state index in [2.05, 4.69) is 21.2 Å². The van der Waals surface area contributed by atoms with Crippen molar-refractivity contribution in [1.82, 2.24) is 10.2 Å². The lowest BCUT2D eigenvalue weighted by molar-refractivity contribution is 0.0861. The molecule has 78 valence electrons. The molecule has 0 saturated carbocycles. The Bertz CT molecular complexity index is 404. The number of rotatable bonds is 1. The predicted molar refractivity (Wildman–Crippen MR) is 65.8 cm³/mol. The number of halogens is 1. The fourth-order valence-corrected chi connectivity index (χ4v) is 1.95. The maximum atomic E-state index is 12.0. The maximum Gasteiger partial charge on any atom is 0.260 e. The molecule has 1 N–H and O–H groups in total. The third-order valence-electron chi connectivity index (χ3n) is 2.19. The number of thiocarbonyl (C=S) groups is 1. The summed E-state index contributed by atoms with van der Waals surface area (Å²) in [7, 11) is 0. The molecule has 1 aromatic carbocycles. The predicted octanol–water partition coefficient (Wildman–Crippen LogP) is 1.78. The Balaban J connectivity index is 2.20. The summed E-state index contributed by atoms with van der Waals surface area (Å²) in [5.74, 6) is -0.0440. The molecule has 15 heavy (non-hydrogen) atoms. The number of benzene rings is 1. The van der Waals surface area contributed by atoms with Crippen molar-refractivity contribution in [3.05, 3.63) is 34.3 Å². The van der Waals surface area contributed by atoms with Gasteiger partial charge in [0.15, 0.2) is 5.11 Å². The highest BCUT2D eigenvalue weighted by atomic mass is 79.9. The quantitative estimate of drug-likeness (QED) is 0.798. The number of hydrogen-bond acceptors (Lipinski definition) is 2. The minimum Gasteiger partial charge on any atom is -0.360 e. The van der Waals surface area contributed by atoms with Gasteiger partial charge < -0.3 is 5.32 Å². The molecule has 0 aliphatic carbocycles. The van der Waals surface area contributed by atoms with E-state index in [0.717, 1.165) is 11.0 Å². The molecule has 0 atom stereocenters. The summed E-state index contributed by atoms with van der Waals surface area (Å²) in [4.78, 5) is 13.5. The Kier molecular flexibility index (Phi) is 3.02. The van der Waals surface area contributed by atoms with Crippen LogP contribution in [0.1, 0.15) is 10.4 Å². The summed E-state index contributed by atoms with van der Waals surface area (Å²) in [6, 6.07) is 7.26. The normalized spacial score (nSPS) is 15.3. The molecule has 0 radical (unpaired) electrons. The van der Waals surface area contributed by atoms with Crippen LogP contribution >= 0.6 is 28.1 Å². The van der Waals surface area contributed by atoms with Gasteiger partial charge in [-0.15, -0.1) is 0 Å². The molecule has 1 saturated heterocycles. The van der Waals surface area contributed by atoms with Gasteiger partial charge in [-0.05, 0) is 36.5 Å². The van der Waals surface area contributed by atoms with Crippen LogP contribution in [0.2, 0.25) is 0 Å². The molecule has 0 aromatic heterocycles. The summed E-state index contributed by atoms with van der Waals surface area (Å²) < 4.78 is 0.959. The summed E-state index contributed by atoms with van der Waals surface area (Å²) in [5, 5.41) is 3.48. The topological polar surface area (TPSA) is 32.3 Å². The first-order valence-electron chi connectivity index (χ1n) is 4.54. The minimum atomic E-state index is -0.0440. The summed E-state index contributed by atoms with van der Waals surface area (Å²) in [6.07, 6.45) is 0. The van der Waals surface area contributed by atoms with Crippen LogP contribution in [0.5, 0.6) is 0 Å². The van der Waals surface area contributed by atoms with Crippen molar-refractivity contribution in [2.24, 2.45) is 0 Å². The molecular weight excluding hydrogens is 276 g/mol. The molecule has 2 rings (SSSR count). The van der Waals surface area contributed by atoms with Crippen molar-refractivity contribution in [2.45, 2.75) is 0 Å². The van der Waals surface area contributed by atoms with E-state index in [-0.39, 0.29) is 5.91 Å². The van der Waals surface area contributed by atoms with Gasteiger partial charge in [0.2, 0.25) is 0 Å². The zero-order chi connectivity index (χ0) is 10.8. The molecule has 0 spiro atoms. The van der Waals surface area contributed by atoms with Crippen LogP contribution in [0, 0.1) is 0 Å². The average molecular weight is 285 g/mol. The fraction of sp³-hybridized carbons (Fsp3) is 0.200. The largest absolute Gasteiger partial charge is 0.360 e. The Morgan fingerprint density at radius 3 is 2.60 bits per heavy atom. The summed E-state index contributed by atoms with van der Waals surface area (Å²) in [6.45, 7) is 1.38. The Morgan fingerprint density at radius 1 is 1.40 bits per heavy atom. The average Bonchev–Trinajstić information content (AvgIpc) is 2.65. The van der Waals surface area contributed by atoms with Crippen LogP contribution in [0.4, 0.5) is 0 Å². The van der Waals surface area contributed by atoms with Gasteiger partial charge in [-0.1, -0.05) is 15.9 Å². The van der Waals surface area contributed by atoms with Crippen LogP contribution in [-0.4, -0.2) is 29.0 Å². The molecule has 5 heteroatoms. The molecule has 0 bridgehead atoms. The van der Waals surface area contributed by atoms with E-state index >= 15 is 0 Å². The second-order valence-electron chi connectivity index (χ2n) is 3.20. The Labute approximate surface area is 102 Å². The summed E-state index contributed by atoms with van der Waals surface area (Å²) >= 11 is 8.35. The Hall–Kier alpha value is -0.940. The van der Waals surface area contributed by atoms with E-state index in [1.165, 1.54) is 0 Å². The zero-order valence-corrected chi connectivity index (χ0v) is 10.3. The lowest BCUT2D eigenvalue weighted by Gasteiger charge is -2.14. The van der Waals surface area contributed by atoms with Gasteiger partial charge in [-0.25, -0.2) is 0 Å². The molecular formula is C10H9BrN2OS. The zero-order valence-electron chi connectivity index (χ0n) is 7.87. The maximum absolute atomic E-state index is 12.0. The number of carbonyl (C=O) groups excluding carboxylic acids is 1. The number of nitrogens with zero attached hydrogens (tertiary/aromatic N) is 1. The second kappa shape index (κ2) is 4.28. The van der Waals surface area contributed by atoms with Gasteiger partial charge in [-0.3, -0.25) is 9.69 Å². The first kappa shape index (κ1) is 10.6. The molecule has 1 aromatic rings. The highest BCUT2D eigenvalue weighted by Gasteiger charge is 2.23. The lowest BCUT2D eigenvalue weighted by Crippen LogP contribution is -2.33. The van der Waals surface area contributed by atoms with Crippen LogP contribution in [0.25, 0.3) is 0 Å². The SMILES string of the molecule is O=C(c1ccc(Br)cc1)N1CCNC1=S. The number of nitrogens with one attached hydrogen (secondary N) is 1. The molecule has 1 aliphatic rings. The molecule has 1 aliphatic heterocycles. The van der Waals surface area contributed by atoms with Crippen molar-refractivity contribution >= 4 is 39.2 Å². The third-order valence-corrected chi connectivity index (χ3v) is 3.09. The van der Waals surface area contributed by atoms with Gasteiger partial charge in [0.1, 0.15) is 0 Å². The van der Waals surface area contributed by atoms with Gasteiger partial charge in [-0.2, -0.15) is 0 Å². The van der Waals surface area contributed by atoms with E-state index in [9.17, 15) is 4.79 Å². The highest BCUT2D eigenvalue weighted by molar-refractivity contribution is 9.10. The number of amides is 1. The smallest absolute Gasteiger partial charge is 0.260 e. The van der Waals surface area contributed by atoms with Crippen molar-refractivity contribution in [1.29, 1.82) is 0 Å². The summed E-state index contributed by atoms with van der Waals surface area (Å²) in [5.41, 5.74) is 0.657. The van der Waals surface area contributed by atoms with Crippen molar-refractivity contribution < 1.29 is 4.79 Å².